The summed E-state index contributed by atoms with van der Waals surface area (Å²) in [6, 6.07) is 0. The first-order valence-corrected chi connectivity index (χ1v) is 4.73. The van der Waals surface area contributed by atoms with Crippen molar-refractivity contribution in [1.82, 2.24) is 0 Å². The average Bonchev–Trinajstić information content (AvgIpc) is 2.27. The maximum absolute atomic E-state index is 14.0. The number of carbonyl (C=O) groups excluding carboxylic acids is 2. The lowest BCUT2D eigenvalue weighted by Gasteiger charge is -2.47. The predicted molar refractivity (Wildman–Crippen MR) is 45.3 cm³/mol. The number of hydrogen-bond acceptors (Lipinski definition) is 2. The third-order valence-electron chi connectivity index (χ3n) is 3.70. The van der Waals surface area contributed by atoms with E-state index in [9.17, 15) is 27.2 Å². The Labute approximate surface area is 88.3 Å². The van der Waals surface area contributed by atoms with Gasteiger partial charge < -0.3 is 0 Å². The number of allylic oxidation sites excluding steroid dienone is 2. The van der Waals surface area contributed by atoms with E-state index < -0.39 is 46.4 Å². The van der Waals surface area contributed by atoms with E-state index >= 15 is 0 Å². The van der Waals surface area contributed by atoms with Crippen molar-refractivity contribution in [3.8, 4) is 0 Å². The fraction of sp³-hybridized carbons (Fsp3) is 0.600. The number of rotatable bonds is 0. The van der Waals surface area contributed by atoms with Crippen LogP contribution >= 0.6 is 0 Å². The van der Waals surface area contributed by atoms with Crippen molar-refractivity contribution in [2.24, 2.45) is 11.8 Å². The summed E-state index contributed by atoms with van der Waals surface area (Å²) in [7, 11) is 0. The third-order valence-corrected chi connectivity index (χ3v) is 3.70. The van der Waals surface area contributed by atoms with Crippen LogP contribution in [0.1, 0.15) is 13.8 Å². The molecule has 4 atom stereocenters. The van der Waals surface area contributed by atoms with Crippen LogP contribution in [0.2, 0.25) is 0 Å². The molecule has 3 rings (SSSR count). The molecule has 2 unspecified atom stereocenters. The highest BCUT2D eigenvalue weighted by atomic mass is 19.2. The van der Waals surface area contributed by atoms with E-state index in [0.29, 0.717) is 0 Å². The van der Waals surface area contributed by atoms with Crippen molar-refractivity contribution in [3.05, 3.63) is 11.7 Å². The SMILES string of the molecule is CC1C(C)[C@]2(F)C(=O)C(=O)[C@@]1(F)C(F)=C2F. The lowest BCUT2D eigenvalue weighted by molar-refractivity contribution is -0.168. The zero-order valence-electron chi connectivity index (χ0n) is 8.48. The molecule has 0 amide bonds. The van der Waals surface area contributed by atoms with E-state index in [1.165, 1.54) is 0 Å². The lowest BCUT2D eigenvalue weighted by atomic mass is 9.58. The van der Waals surface area contributed by atoms with Gasteiger partial charge in [0.05, 0.1) is 0 Å². The summed E-state index contributed by atoms with van der Waals surface area (Å²) in [5.74, 6) is -10.7. The van der Waals surface area contributed by atoms with Gasteiger partial charge in [-0.3, -0.25) is 9.59 Å². The molecule has 0 saturated heterocycles. The van der Waals surface area contributed by atoms with Crippen LogP contribution in [0.15, 0.2) is 11.7 Å². The number of hydrogen-bond donors (Lipinski definition) is 0. The Hall–Kier alpha value is -1.20. The van der Waals surface area contributed by atoms with E-state index in [1.807, 2.05) is 0 Å². The third kappa shape index (κ3) is 0.814. The second-order valence-corrected chi connectivity index (χ2v) is 4.29. The number of ketones is 2. The summed E-state index contributed by atoms with van der Waals surface area (Å²) in [5, 5.41) is 0. The van der Waals surface area contributed by atoms with Gasteiger partial charge in [-0.1, -0.05) is 13.8 Å². The summed E-state index contributed by atoms with van der Waals surface area (Å²) in [6.07, 6.45) is 0. The largest absolute Gasteiger partial charge is 0.287 e. The molecule has 0 aliphatic heterocycles. The van der Waals surface area contributed by atoms with Crippen LogP contribution in [0.4, 0.5) is 17.6 Å². The summed E-state index contributed by atoms with van der Waals surface area (Å²) in [5.41, 5.74) is -6.68. The molecule has 0 aromatic rings. The van der Waals surface area contributed by atoms with Crippen LogP contribution in [0.25, 0.3) is 0 Å². The van der Waals surface area contributed by atoms with Crippen LogP contribution in [-0.2, 0) is 9.59 Å². The van der Waals surface area contributed by atoms with Crippen LogP contribution in [0, 0.1) is 11.8 Å². The fourth-order valence-electron chi connectivity index (χ4n) is 2.35. The highest BCUT2D eigenvalue weighted by molar-refractivity contribution is 6.46. The zero-order valence-corrected chi connectivity index (χ0v) is 8.48. The molecule has 2 bridgehead atoms. The molecule has 0 radical (unpaired) electrons. The maximum Gasteiger partial charge on any atom is 0.246 e. The Morgan fingerprint density at radius 1 is 0.875 bits per heavy atom. The molecule has 0 aromatic carbocycles. The number of carbonyl (C=O) groups is 2. The van der Waals surface area contributed by atoms with E-state index in [0.717, 1.165) is 13.8 Å². The molecule has 16 heavy (non-hydrogen) atoms. The lowest BCUT2D eigenvalue weighted by Crippen LogP contribution is -2.67. The second-order valence-electron chi connectivity index (χ2n) is 4.29. The Morgan fingerprint density at radius 2 is 1.12 bits per heavy atom. The van der Waals surface area contributed by atoms with Gasteiger partial charge in [0.2, 0.25) is 22.9 Å². The smallest absolute Gasteiger partial charge is 0.246 e. The normalized spacial score (nSPS) is 47.9. The predicted octanol–water partition coefficient (Wildman–Crippen LogP) is 1.99. The monoisotopic (exact) mass is 236 g/mol. The van der Waals surface area contributed by atoms with Gasteiger partial charge in [-0.2, -0.15) is 0 Å². The fourth-order valence-corrected chi connectivity index (χ4v) is 2.35. The van der Waals surface area contributed by atoms with Crippen LogP contribution in [-0.4, -0.2) is 22.9 Å². The summed E-state index contributed by atoms with van der Waals surface area (Å²) in [6.45, 7) is 2.16. The van der Waals surface area contributed by atoms with Crippen LogP contribution in [0.3, 0.4) is 0 Å². The van der Waals surface area contributed by atoms with Gasteiger partial charge in [-0.15, -0.1) is 0 Å². The van der Waals surface area contributed by atoms with Crippen molar-refractivity contribution in [2.75, 3.05) is 0 Å². The minimum Gasteiger partial charge on any atom is -0.287 e. The van der Waals surface area contributed by atoms with Gasteiger partial charge in [-0.25, -0.2) is 17.6 Å². The molecule has 0 heterocycles. The minimum absolute atomic E-state index is 1.08. The number of fused-ring (bicyclic) bond motifs is 2. The first-order chi connectivity index (χ1) is 7.20. The van der Waals surface area contributed by atoms with Crippen LogP contribution < -0.4 is 0 Å². The van der Waals surface area contributed by atoms with E-state index in [1.54, 1.807) is 0 Å². The Balaban J connectivity index is 2.82. The molecular weight excluding hydrogens is 228 g/mol. The first kappa shape index (κ1) is 11.3. The minimum atomic E-state index is -3.34. The molecule has 88 valence electrons. The topological polar surface area (TPSA) is 34.1 Å². The second kappa shape index (κ2) is 2.73. The van der Waals surface area contributed by atoms with E-state index in [-0.39, 0.29) is 0 Å². The molecule has 1 fully saturated rings. The number of Topliss-reactive ketones (excluding diaryl/α,β-unsaturated/α-hetero) is 2. The average molecular weight is 236 g/mol. The molecular formula is C10H8F4O2. The molecule has 0 N–H and O–H groups in total. The summed E-state index contributed by atoms with van der Waals surface area (Å²) in [4.78, 5) is 22.4. The first-order valence-electron chi connectivity index (χ1n) is 4.73. The molecule has 0 aromatic heterocycles. The molecule has 6 heteroatoms. The van der Waals surface area contributed by atoms with Gasteiger partial charge in [0.15, 0.2) is 11.7 Å². The van der Waals surface area contributed by atoms with Gasteiger partial charge in [0.25, 0.3) is 0 Å². The summed E-state index contributed by atoms with van der Waals surface area (Å²) < 4.78 is 54.6. The van der Waals surface area contributed by atoms with Crippen molar-refractivity contribution in [3.63, 3.8) is 0 Å². The molecule has 0 spiro atoms. The number of alkyl halides is 2. The Morgan fingerprint density at radius 3 is 1.38 bits per heavy atom. The molecule has 3 aliphatic carbocycles. The van der Waals surface area contributed by atoms with Crippen molar-refractivity contribution < 1.29 is 27.2 Å². The van der Waals surface area contributed by atoms with Gasteiger partial charge >= 0.3 is 0 Å². The van der Waals surface area contributed by atoms with Crippen molar-refractivity contribution >= 4 is 11.6 Å². The zero-order chi connectivity index (χ0) is 12.5. The van der Waals surface area contributed by atoms with Crippen molar-refractivity contribution in [1.29, 1.82) is 0 Å². The van der Waals surface area contributed by atoms with E-state index in [4.69, 9.17) is 0 Å². The molecule has 3 aliphatic rings. The van der Waals surface area contributed by atoms with Crippen LogP contribution in [0.5, 0.6) is 0 Å². The van der Waals surface area contributed by atoms with Crippen molar-refractivity contribution in [2.45, 2.75) is 25.2 Å². The maximum atomic E-state index is 14.0. The molecule has 1 saturated carbocycles. The Kier molecular flexibility index (Phi) is 1.92. The van der Waals surface area contributed by atoms with E-state index in [2.05, 4.69) is 0 Å². The van der Waals surface area contributed by atoms with Gasteiger partial charge in [0.1, 0.15) is 0 Å². The standard InChI is InChI=1S/C10H8F4O2/c1-3-4(2)10(14)6(12)5(11)9(3,13)7(15)8(10)16/h3-4H,1-2H3/t3?,4?,9-,10+. The quantitative estimate of drug-likeness (QED) is 0.476. The van der Waals surface area contributed by atoms with Gasteiger partial charge in [-0.05, 0) is 0 Å². The highest BCUT2D eigenvalue weighted by Gasteiger charge is 2.74. The number of halogens is 4. The van der Waals surface area contributed by atoms with Gasteiger partial charge in [0, 0.05) is 11.8 Å². The summed E-state index contributed by atoms with van der Waals surface area (Å²) >= 11 is 0. The Bertz CT molecular complexity index is 404. The highest BCUT2D eigenvalue weighted by Crippen LogP contribution is 2.57. The molecule has 2 nitrogen and oxygen atoms in total.